The topological polar surface area (TPSA) is 332 Å². The molecule has 3 saturated heterocycles. The average Bonchev–Trinajstić information content (AvgIpc) is 3.96. The van der Waals surface area contributed by atoms with Gasteiger partial charge < -0.3 is 63.0 Å². The Labute approximate surface area is 370 Å². The third-order valence-corrected chi connectivity index (χ3v) is 11.9. The van der Waals surface area contributed by atoms with E-state index in [-0.39, 0.29) is 31.2 Å². The quantitative estimate of drug-likeness (QED) is 0.127. The smallest absolute Gasteiger partial charge is 0.246 e. The predicted molar refractivity (Wildman–Crippen MR) is 223 cm³/mol. The number of hydrogen-bond donors (Lipinski definition) is 10. The minimum Gasteiger partial charge on any atom is -0.347 e. The van der Waals surface area contributed by atoms with Crippen molar-refractivity contribution < 1.29 is 57.5 Å². The third kappa shape index (κ3) is 14.9. The maximum Gasteiger partial charge on any atom is 0.246 e. The number of nitrogens with zero attached hydrogens (tertiary/aromatic N) is 2. The van der Waals surface area contributed by atoms with E-state index in [4.69, 9.17) is 0 Å². The van der Waals surface area contributed by atoms with E-state index in [1.165, 1.54) is 9.80 Å². The van der Waals surface area contributed by atoms with E-state index in [9.17, 15) is 57.5 Å². The molecule has 24 nitrogen and oxygen atoms in total. The van der Waals surface area contributed by atoms with Crippen molar-refractivity contribution in [2.45, 2.75) is 95.7 Å². The molecule has 5 unspecified atom stereocenters. The lowest BCUT2D eigenvalue weighted by atomic mass is 9.76. The highest BCUT2D eigenvalue weighted by Crippen LogP contribution is 2.42. The Hall–Kier alpha value is -6.36. The van der Waals surface area contributed by atoms with Crippen LogP contribution in [0.25, 0.3) is 0 Å². The second-order valence-corrected chi connectivity index (χ2v) is 16.4. The normalized spacial score (nSPS) is 27.2. The zero-order valence-electron chi connectivity index (χ0n) is 36.5. The third-order valence-electron chi connectivity index (χ3n) is 11.9. The summed E-state index contributed by atoms with van der Waals surface area (Å²) >= 11 is 0. The molecule has 3 aliphatic heterocycles. The summed E-state index contributed by atoms with van der Waals surface area (Å²) < 4.78 is 0. The van der Waals surface area contributed by atoms with Crippen LogP contribution in [0.5, 0.6) is 0 Å². The van der Waals surface area contributed by atoms with Gasteiger partial charge in [0.25, 0.3) is 0 Å². The molecule has 0 aromatic heterocycles. The Morgan fingerprint density at radius 3 is 1.58 bits per heavy atom. The zero-order valence-corrected chi connectivity index (χ0v) is 36.5. The van der Waals surface area contributed by atoms with Crippen molar-refractivity contribution >= 4 is 70.9 Å². The number of rotatable bonds is 3. The van der Waals surface area contributed by atoms with Gasteiger partial charge in [-0.1, -0.05) is 26.7 Å². The molecular formula is C40H62N12O12. The summed E-state index contributed by atoms with van der Waals surface area (Å²) in [6.45, 7) is 0.441. The highest BCUT2D eigenvalue weighted by Gasteiger charge is 2.53. The maximum absolute atomic E-state index is 14.3. The molecule has 5 atom stereocenters. The standard InChI is InChI=1S/C40H62N12O12/c1-3-24(2)25-9-7-11-40(25)39(64)48-22-35(60)49-26(38(63)51-12-5-4-6-13-51)15-28(53)41-16-29(54)42-17-30(55)43-18-31(56)44-19-32(57)45-20-33(58)46-21-34(59)47-23-36(61)52-14-8-10-27(52)37(62)50-40/h24-27H,3-23H2,1-2H3,(H,41,53)(H,42,54)(H,43,55)(H,44,56)(H,45,57)(H,46,58)(H,47,59)(H,48,64)(H,49,60)(H,50,62). The number of hydrogen-bond acceptors (Lipinski definition) is 12. The number of nitrogens with one attached hydrogen (secondary N) is 10. The van der Waals surface area contributed by atoms with E-state index in [0.717, 1.165) is 19.3 Å². The fraction of sp³-hybridized carbons (Fsp3) is 0.700. The molecule has 0 radical (unpaired) electrons. The lowest BCUT2D eigenvalue weighted by molar-refractivity contribution is -0.143. The fourth-order valence-electron chi connectivity index (χ4n) is 8.30. The van der Waals surface area contributed by atoms with Crippen molar-refractivity contribution in [2.24, 2.45) is 11.8 Å². The van der Waals surface area contributed by atoms with E-state index in [1.54, 1.807) is 0 Å². The highest BCUT2D eigenvalue weighted by atomic mass is 16.2. The van der Waals surface area contributed by atoms with Crippen LogP contribution in [0.3, 0.4) is 0 Å². The van der Waals surface area contributed by atoms with Crippen LogP contribution in [0, 0.1) is 11.8 Å². The number of amides is 12. The summed E-state index contributed by atoms with van der Waals surface area (Å²) in [5.41, 5.74) is -1.45. The molecular weight excluding hydrogens is 841 g/mol. The number of piperidine rings is 1. The first-order valence-electron chi connectivity index (χ1n) is 21.9. The van der Waals surface area contributed by atoms with Crippen LogP contribution in [0.15, 0.2) is 0 Å². The predicted octanol–water partition coefficient (Wildman–Crippen LogP) is -5.49. The molecule has 4 fully saturated rings. The first-order valence-corrected chi connectivity index (χ1v) is 21.9. The van der Waals surface area contributed by atoms with E-state index in [2.05, 4.69) is 53.2 Å². The van der Waals surface area contributed by atoms with Gasteiger partial charge in [-0.25, -0.2) is 0 Å². The molecule has 3 heterocycles. The van der Waals surface area contributed by atoms with E-state index in [0.29, 0.717) is 38.8 Å². The van der Waals surface area contributed by atoms with E-state index >= 15 is 0 Å². The van der Waals surface area contributed by atoms with Crippen molar-refractivity contribution in [1.82, 2.24) is 63.0 Å². The van der Waals surface area contributed by atoms with Crippen LogP contribution in [0.4, 0.5) is 0 Å². The molecule has 0 aromatic rings. The van der Waals surface area contributed by atoms with Gasteiger partial charge in [-0.2, -0.15) is 0 Å². The second-order valence-electron chi connectivity index (χ2n) is 16.4. The SMILES string of the molecule is CCC(C)C1CCCC12NC(=O)C1CCCN1C(=O)CNC(=O)CNC(=O)CNC(=O)CNC(=O)CNC(=O)CNC(=O)CNC(=O)CC(C(=O)N1CCCCC1)NC(=O)CNC2=O. The summed E-state index contributed by atoms with van der Waals surface area (Å²) in [6, 6.07) is -2.33. The Balaban J connectivity index is 1.51. The maximum atomic E-state index is 14.3. The highest BCUT2D eigenvalue weighted by molar-refractivity contribution is 5.99. The number of carbonyl (C=O) groups excluding carboxylic acids is 12. The molecule has 12 amide bonds. The molecule has 4 aliphatic rings. The number of carbonyl (C=O) groups is 12. The molecule has 24 heteroatoms. The summed E-state index contributed by atoms with van der Waals surface area (Å²) in [5.74, 6) is -8.81. The minimum absolute atomic E-state index is 0.0338. The lowest BCUT2D eigenvalue weighted by Gasteiger charge is -2.39. The second kappa shape index (κ2) is 24.5. The van der Waals surface area contributed by atoms with Crippen LogP contribution >= 0.6 is 0 Å². The summed E-state index contributed by atoms with van der Waals surface area (Å²) in [4.78, 5) is 158. The molecule has 10 N–H and O–H groups in total. The van der Waals surface area contributed by atoms with Crippen molar-refractivity contribution in [1.29, 1.82) is 0 Å². The van der Waals surface area contributed by atoms with Crippen LogP contribution in [0.2, 0.25) is 0 Å². The lowest BCUT2D eigenvalue weighted by Crippen LogP contribution is -2.65. The van der Waals surface area contributed by atoms with E-state index < -0.39 is 147 Å². The Morgan fingerprint density at radius 1 is 0.578 bits per heavy atom. The van der Waals surface area contributed by atoms with Gasteiger partial charge in [0.05, 0.1) is 58.8 Å². The Morgan fingerprint density at radius 2 is 1.06 bits per heavy atom. The van der Waals surface area contributed by atoms with E-state index in [1.807, 2.05) is 13.8 Å². The molecule has 0 aromatic carbocycles. The Kier molecular flexibility index (Phi) is 19.2. The van der Waals surface area contributed by atoms with Crippen molar-refractivity contribution in [3.8, 4) is 0 Å². The average molecular weight is 903 g/mol. The monoisotopic (exact) mass is 902 g/mol. The van der Waals surface area contributed by atoms with Crippen LogP contribution < -0.4 is 53.2 Å². The van der Waals surface area contributed by atoms with Gasteiger partial charge in [-0.05, 0) is 56.8 Å². The van der Waals surface area contributed by atoms with Gasteiger partial charge in [-0.15, -0.1) is 0 Å². The molecule has 354 valence electrons. The number of fused-ring (bicyclic) bond motifs is 1. The van der Waals surface area contributed by atoms with Crippen LogP contribution in [-0.2, 0) is 57.5 Å². The van der Waals surface area contributed by atoms with Crippen molar-refractivity contribution in [2.75, 3.05) is 72.0 Å². The van der Waals surface area contributed by atoms with Gasteiger partial charge >= 0.3 is 0 Å². The van der Waals surface area contributed by atoms with Crippen molar-refractivity contribution in [3.63, 3.8) is 0 Å². The number of likely N-dealkylation sites (tertiary alicyclic amines) is 1. The summed E-state index contributed by atoms with van der Waals surface area (Å²) in [6.07, 6.45) is 4.65. The molecule has 64 heavy (non-hydrogen) atoms. The molecule has 0 bridgehead atoms. The van der Waals surface area contributed by atoms with Gasteiger partial charge in [0.2, 0.25) is 70.9 Å². The van der Waals surface area contributed by atoms with Crippen molar-refractivity contribution in [3.05, 3.63) is 0 Å². The summed E-state index contributed by atoms with van der Waals surface area (Å²) in [5, 5.41) is 24.2. The van der Waals surface area contributed by atoms with Gasteiger partial charge in [0.15, 0.2) is 0 Å². The summed E-state index contributed by atoms with van der Waals surface area (Å²) in [7, 11) is 0. The van der Waals surface area contributed by atoms with Crippen LogP contribution in [-0.4, -0.2) is 170 Å². The van der Waals surface area contributed by atoms with Gasteiger partial charge in [-0.3, -0.25) is 57.5 Å². The van der Waals surface area contributed by atoms with Gasteiger partial charge in [0, 0.05) is 19.6 Å². The molecule has 1 spiro atoms. The largest absolute Gasteiger partial charge is 0.347 e. The fourth-order valence-corrected chi connectivity index (χ4v) is 8.30. The molecule has 1 saturated carbocycles. The minimum atomic E-state index is -1.45. The molecule has 4 rings (SSSR count). The van der Waals surface area contributed by atoms with Gasteiger partial charge in [0.1, 0.15) is 17.6 Å². The van der Waals surface area contributed by atoms with Crippen LogP contribution in [0.1, 0.15) is 78.1 Å². The molecule has 1 aliphatic carbocycles. The zero-order chi connectivity index (χ0) is 46.8. The Bertz CT molecular complexity index is 1810. The first kappa shape index (κ1) is 50.3. The first-order chi connectivity index (χ1) is 30.5.